The van der Waals surface area contributed by atoms with E-state index in [2.05, 4.69) is 12.8 Å². The maximum absolute atomic E-state index is 2.22. The van der Waals surface area contributed by atoms with Crippen molar-refractivity contribution in [2.75, 3.05) is 11.6 Å². The maximum atomic E-state index is 2.22. The van der Waals surface area contributed by atoms with Gasteiger partial charge in [-0.05, 0) is 11.6 Å². The molecule has 0 aromatic rings. The summed E-state index contributed by atoms with van der Waals surface area (Å²) in [6.07, 6.45) is 2.14. The Morgan fingerprint density at radius 3 is 2.40 bits per heavy atom. The van der Waals surface area contributed by atoms with Crippen molar-refractivity contribution in [2.45, 2.75) is 6.55 Å². The zero-order valence-electron chi connectivity index (χ0n) is 3.62. The second-order valence-corrected chi connectivity index (χ2v) is 3.23. The van der Waals surface area contributed by atoms with Gasteiger partial charge in [0.05, 0.1) is 0 Å². The van der Waals surface area contributed by atoms with Crippen LogP contribution in [0.1, 0.15) is 0 Å². The summed E-state index contributed by atoms with van der Waals surface area (Å²) in [5.74, 6) is 0. The summed E-state index contributed by atoms with van der Waals surface area (Å²) < 4.78 is 0. The molecule has 0 nitrogen and oxygen atoms in total. The first-order chi connectivity index (χ1) is 2.41. The van der Waals surface area contributed by atoms with Gasteiger partial charge in [-0.15, -0.1) is 0 Å². The third-order valence-corrected chi connectivity index (χ3v) is 2.60. The van der Waals surface area contributed by atoms with E-state index in [1.165, 1.54) is 5.38 Å². The molecule has 30 valence electrons. The minimum absolute atomic E-state index is 1.12. The molecule has 0 bridgehead atoms. The lowest BCUT2D eigenvalue weighted by atomic mass is 11.8. The van der Waals surface area contributed by atoms with Crippen molar-refractivity contribution >= 4 is 21.3 Å². The summed E-state index contributed by atoms with van der Waals surface area (Å²) in [5, 5.41) is 1.33. The summed E-state index contributed by atoms with van der Waals surface area (Å²) in [4.78, 5) is 0. The second kappa shape index (κ2) is 4.57. The van der Waals surface area contributed by atoms with Gasteiger partial charge in [0.2, 0.25) is 0 Å². The molecule has 0 heterocycles. The SMILES string of the molecule is C[Si]CSC. The highest BCUT2D eigenvalue weighted by Gasteiger charge is 1.69. The molecule has 0 fully saturated rings. The lowest BCUT2D eigenvalue weighted by Crippen LogP contribution is -1.81. The molecule has 5 heavy (non-hydrogen) atoms. The van der Waals surface area contributed by atoms with Crippen LogP contribution in [-0.2, 0) is 0 Å². The Morgan fingerprint density at radius 2 is 2.40 bits per heavy atom. The summed E-state index contributed by atoms with van der Waals surface area (Å²) >= 11 is 1.91. The van der Waals surface area contributed by atoms with Gasteiger partial charge in [0.25, 0.3) is 0 Å². The fourth-order valence-electron chi connectivity index (χ4n) is 0.144. The zero-order valence-corrected chi connectivity index (χ0v) is 5.43. The summed E-state index contributed by atoms with van der Waals surface area (Å²) in [5.41, 5.74) is 0. The van der Waals surface area contributed by atoms with Gasteiger partial charge in [0.15, 0.2) is 0 Å². The highest BCUT2D eigenvalue weighted by Crippen LogP contribution is 1.84. The van der Waals surface area contributed by atoms with Crippen LogP contribution in [0.2, 0.25) is 6.55 Å². The highest BCUT2D eigenvalue weighted by atomic mass is 32.2. The number of rotatable bonds is 2. The third-order valence-electron chi connectivity index (χ3n) is 0.289. The summed E-state index contributed by atoms with van der Waals surface area (Å²) in [6.45, 7) is 2.22. The molecule has 0 amide bonds. The van der Waals surface area contributed by atoms with E-state index in [4.69, 9.17) is 0 Å². The third kappa shape index (κ3) is 4.57. The van der Waals surface area contributed by atoms with E-state index in [1.54, 1.807) is 0 Å². The molecule has 0 spiro atoms. The van der Waals surface area contributed by atoms with E-state index in [-0.39, 0.29) is 0 Å². The molecule has 0 atom stereocenters. The molecule has 0 aliphatic heterocycles. The van der Waals surface area contributed by atoms with Crippen molar-refractivity contribution < 1.29 is 0 Å². The maximum Gasteiger partial charge on any atom is 0.0472 e. The van der Waals surface area contributed by atoms with Gasteiger partial charge in [-0.3, -0.25) is 0 Å². The van der Waals surface area contributed by atoms with E-state index in [1.807, 2.05) is 11.8 Å². The van der Waals surface area contributed by atoms with Gasteiger partial charge in [0.1, 0.15) is 0 Å². The molecule has 2 radical (unpaired) electrons. The quantitative estimate of drug-likeness (QED) is 0.472. The Labute approximate surface area is 40.2 Å². The molecule has 0 aliphatic carbocycles. The average molecular weight is 104 g/mol. The van der Waals surface area contributed by atoms with E-state index < -0.39 is 0 Å². The van der Waals surface area contributed by atoms with Gasteiger partial charge < -0.3 is 0 Å². The van der Waals surface area contributed by atoms with Crippen LogP contribution in [0.5, 0.6) is 0 Å². The molecule has 2 heteroatoms. The minimum Gasteiger partial charge on any atom is -0.169 e. The molecule has 0 rings (SSSR count). The number of hydrogen-bond acceptors (Lipinski definition) is 1. The standard InChI is InChI=1S/C3H8SSi/c1-4-3-5-2/h3H2,1-2H3. The predicted molar refractivity (Wildman–Crippen MR) is 30.0 cm³/mol. The van der Waals surface area contributed by atoms with Crippen LogP contribution in [0.3, 0.4) is 0 Å². The predicted octanol–water partition coefficient (Wildman–Crippen LogP) is 1.06. The van der Waals surface area contributed by atoms with Crippen LogP contribution in [0.4, 0.5) is 0 Å². The topological polar surface area (TPSA) is 0 Å². The van der Waals surface area contributed by atoms with Crippen molar-refractivity contribution in [3.63, 3.8) is 0 Å². The minimum atomic E-state index is 1.12. The van der Waals surface area contributed by atoms with Gasteiger partial charge >= 0.3 is 0 Å². The monoisotopic (exact) mass is 104 g/mol. The molecule has 0 saturated carbocycles. The van der Waals surface area contributed by atoms with Gasteiger partial charge in [0, 0.05) is 9.52 Å². The molecule has 0 unspecified atom stereocenters. The van der Waals surface area contributed by atoms with Crippen molar-refractivity contribution in [3.05, 3.63) is 0 Å². The Balaban J connectivity index is 2.19. The fraction of sp³-hybridized carbons (Fsp3) is 1.00. The average Bonchev–Trinajstić information content (AvgIpc) is 1.41. The van der Waals surface area contributed by atoms with Crippen LogP contribution in [0, 0.1) is 0 Å². The van der Waals surface area contributed by atoms with E-state index in [9.17, 15) is 0 Å². The highest BCUT2D eigenvalue weighted by molar-refractivity contribution is 7.99. The van der Waals surface area contributed by atoms with Crippen molar-refractivity contribution in [2.24, 2.45) is 0 Å². The van der Waals surface area contributed by atoms with Gasteiger partial charge in [-0.2, -0.15) is 11.8 Å². The number of hydrogen-bond donors (Lipinski definition) is 0. The molecule has 0 aliphatic rings. The Kier molecular flexibility index (Phi) is 5.08. The Morgan fingerprint density at radius 1 is 1.80 bits per heavy atom. The summed E-state index contributed by atoms with van der Waals surface area (Å²) in [7, 11) is 1.12. The van der Waals surface area contributed by atoms with Crippen molar-refractivity contribution in [3.8, 4) is 0 Å². The van der Waals surface area contributed by atoms with Gasteiger partial charge in [-0.25, -0.2) is 0 Å². The van der Waals surface area contributed by atoms with Crippen molar-refractivity contribution in [1.29, 1.82) is 0 Å². The first kappa shape index (κ1) is 5.57. The Bertz CT molecular complexity index is 14.4. The van der Waals surface area contributed by atoms with Crippen LogP contribution >= 0.6 is 11.8 Å². The van der Waals surface area contributed by atoms with Crippen LogP contribution in [-0.4, -0.2) is 21.2 Å². The van der Waals surface area contributed by atoms with Crippen LogP contribution in [0.25, 0.3) is 0 Å². The summed E-state index contributed by atoms with van der Waals surface area (Å²) in [6, 6.07) is 0. The van der Waals surface area contributed by atoms with E-state index in [0.717, 1.165) is 9.52 Å². The Hall–Kier alpha value is 0.567. The first-order valence-corrected chi connectivity index (χ1v) is 4.65. The fourth-order valence-corrected chi connectivity index (χ4v) is 1.30. The lowest BCUT2D eigenvalue weighted by molar-refractivity contribution is 2.05. The molecular formula is C3H8SSi. The normalized spacial score (nSPS) is 8.40. The first-order valence-electron chi connectivity index (χ1n) is 1.55. The molecule has 0 saturated heterocycles. The van der Waals surface area contributed by atoms with E-state index >= 15 is 0 Å². The smallest absolute Gasteiger partial charge is 0.0472 e. The van der Waals surface area contributed by atoms with Crippen molar-refractivity contribution in [1.82, 2.24) is 0 Å². The zero-order chi connectivity index (χ0) is 4.12. The second-order valence-electron chi connectivity index (χ2n) is 0.787. The molecule has 0 N–H and O–H groups in total. The molecule has 0 aromatic carbocycles. The molecule has 0 aromatic heterocycles. The molecular weight excluding hydrogens is 96.2 g/mol. The van der Waals surface area contributed by atoms with E-state index in [0.29, 0.717) is 0 Å². The van der Waals surface area contributed by atoms with Crippen LogP contribution in [0.15, 0.2) is 0 Å². The number of thioether (sulfide) groups is 1. The van der Waals surface area contributed by atoms with Crippen LogP contribution < -0.4 is 0 Å². The lowest BCUT2D eigenvalue weighted by Gasteiger charge is -1.78. The van der Waals surface area contributed by atoms with Gasteiger partial charge in [-0.1, -0.05) is 6.55 Å². The largest absolute Gasteiger partial charge is 0.169 e.